The average Bonchev–Trinajstić information content (AvgIpc) is 2.25. The van der Waals surface area contributed by atoms with Gasteiger partial charge in [0.1, 0.15) is 18.0 Å². The quantitative estimate of drug-likeness (QED) is 0.821. The standard InChI is InChI=1S/C14H22N2O3/c1-10(16-13(17)19-14(2,3)4)9-18-12-7-5-11(15)6-8-12/h5-8,10H,9,15H2,1-4H3,(H,16,17). The molecule has 5 nitrogen and oxygen atoms in total. The van der Waals surface area contributed by atoms with Crippen LogP contribution in [-0.2, 0) is 4.74 Å². The zero-order valence-electron chi connectivity index (χ0n) is 11.9. The predicted molar refractivity (Wildman–Crippen MR) is 75.2 cm³/mol. The second-order valence-corrected chi connectivity index (χ2v) is 5.43. The number of hydrogen-bond donors (Lipinski definition) is 2. The minimum atomic E-state index is -0.498. The van der Waals surface area contributed by atoms with Crippen molar-refractivity contribution in [1.29, 1.82) is 0 Å². The van der Waals surface area contributed by atoms with E-state index >= 15 is 0 Å². The highest BCUT2D eigenvalue weighted by molar-refractivity contribution is 5.68. The van der Waals surface area contributed by atoms with E-state index in [9.17, 15) is 4.79 Å². The first kappa shape index (κ1) is 15.1. The number of amides is 1. The van der Waals surface area contributed by atoms with Crippen LogP contribution in [0, 0.1) is 0 Å². The first-order valence-corrected chi connectivity index (χ1v) is 6.24. The van der Waals surface area contributed by atoms with Crippen molar-refractivity contribution < 1.29 is 14.3 Å². The number of nitrogen functional groups attached to an aromatic ring is 1. The Hall–Kier alpha value is -1.91. The Bertz CT molecular complexity index is 410. The summed E-state index contributed by atoms with van der Waals surface area (Å²) < 4.78 is 10.7. The molecule has 1 atom stereocenters. The van der Waals surface area contributed by atoms with Gasteiger partial charge in [0, 0.05) is 5.69 Å². The molecular formula is C14H22N2O3. The smallest absolute Gasteiger partial charge is 0.407 e. The fourth-order valence-corrected chi connectivity index (χ4v) is 1.34. The largest absolute Gasteiger partial charge is 0.491 e. The lowest BCUT2D eigenvalue weighted by Gasteiger charge is -2.22. The van der Waals surface area contributed by atoms with Crippen molar-refractivity contribution in [2.24, 2.45) is 0 Å². The molecule has 1 aromatic rings. The van der Waals surface area contributed by atoms with Crippen molar-refractivity contribution in [3.8, 4) is 5.75 Å². The molecule has 5 heteroatoms. The highest BCUT2D eigenvalue weighted by atomic mass is 16.6. The number of carbonyl (C=O) groups is 1. The van der Waals surface area contributed by atoms with E-state index in [0.29, 0.717) is 18.0 Å². The van der Waals surface area contributed by atoms with Gasteiger partial charge in [-0.3, -0.25) is 0 Å². The molecule has 0 saturated heterocycles. The molecule has 0 aliphatic carbocycles. The van der Waals surface area contributed by atoms with Crippen LogP contribution >= 0.6 is 0 Å². The van der Waals surface area contributed by atoms with Crippen molar-refractivity contribution in [3.63, 3.8) is 0 Å². The molecule has 106 valence electrons. The first-order valence-electron chi connectivity index (χ1n) is 6.24. The van der Waals surface area contributed by atoms with Gasteiger partial charge >= 0.3 is 6.09 Å². The minimum Gasteiger partial charge on any atom is -0.491 e. The van der Waals surface area contributed by atoms with Crippen LogP contribution < -0.4 is 15.8 Å². The fraction of sp³-hybridized carbons (Fsp3) is 0.500. The highest BCUT2D eigenvalue weighted by Crippen LogP contribution is 2.13. The van der Waals surface area contributed by atoms with E-state index in [1.807, 2.05) is 27.7 Å². The van der Waals surface area contributed by atoms with E-state index in [-0.39, 0.29) is 6.04 Å². The first-order chi connectivity index (χ1) is 8.76. The van der Waals surface area contributed by atoms with Crippen molar-refractivity contribution in [2.75, 3.05) is 12.3 Å². The van der Waals surface area contributed by atoms with Gasteiger partial charge in [0.15, 0.2) is 0 Å². The summed E-state index contributed by atoms with van der Waals surface area (Å²) in [7, 11) is 0. The Labute approximate surface area is 114 Å². The van der Waals surface area contributed by atoms with Gasteiger partial charge < -0.3 is 20.5 Å². The molecule has 0 radical (unpaired) electrons. The minimum absolute atomic E-state index is 0.146. The Morgan fingerprint density at radius 2 is 1.89 bits per heavy atom. The third kappa shape index (κ3) is 6.55. The van der Waals surface area contributed by atoms with Crippen LogP contribution in [0.2, 0.25) is 0 Å². The van der Waals surface area contributed by atoms with Gasteiger partial charge in [-0.15, -0.1) is 0 Å². The lowest BCUT2D eigenvalue weighted by Crippen LogP contribution is -2.40. The van der Waals surface area contributed by atoms with Crippen molar-refractivity contribution >= 4 is 11.8 Å². The van der Waals surface area contributed by atoms with Crippen molar-refractivity contribution in [2.45, 2.75) is 39.3 Å². The van der Waals surface area contributed by atoms with Gasteiger partial charge in [-0.2, -0.15) is 0 Å². The molecule has 0 aromatic heterocycles. The topological polar surface area (TPSA) is 73.6 Å². The summed E-state index contributed by atoms with van der Waals surface area (Å²) in [5.41, 5.74) is 5.77. The molecule has 1 aromatic carbocycles. The molecule has 3 N–H and O–H groups in total. The zero-order valence-corrected chi connectivity index (χ0v) is 11.9. The maximum absolute atomic E-state index is 11.5. The second-order valence-electron chi connectivity index (χ2n) is 5.43. The lowest BCUT2D eigenvalue weighted by atomic mass is 10.2. The zero-order chi connectivity index (χ0) is 14.5. The normalized spacial score (nSPS) is 12.6. The van der Waals surface area contributed by atoms with E-state index in [1.54, 1.807) is 24.3 Å². The SMILES string of the molecule is CC(COc1ccc(N)cc1)NC(=O)OC(C)(C)C. The van der Waals surface area contributed by atoms with Crippen LogP contribution in [0.3, 0.4) is 0 Å². The fourth-order valence-electron chi connectivity index (χ4n) is 1.34. The van der Waals surface area contributed by atoms with Crippen LogP contribution in [0.25, 0.3) is 0 Å². The number of nitrogens with two attached hydrogens (primary N) is 1. The molecular weight excluding hydrogens is 244 g/mol. The lowest BCUT2D eigenvalue weighted by molar-refractivity contribution is 0.0494. The van der Waals surface area contributed by atoms with E-state index in [4.69, 9.17) is 15.2 Å². The number of nitrogens with one attached hydrogen (secondary N) is 1. The van der Waals surface area contributed by atoms with Gasteiger partial charge in [-0.1, -0.05) is 0 Å². The van der Waals surface area contributed by atoms with E-state index in [1.165, 1.54) is 0 Å². The van der Waals surface area contributed by atoms with Gasteiger partial charge in [0.05, 0.1) is 6.04 Å². The molecule has 0 aliphatic heterocycles. The summed E-state index contributed by atoms with van der Waals surface area (Å²) in [6, 6.07) is 6.96. The predicted octanol–water partition coefficient (Wildman–Crippen LogP) is 2.56. The summed E-state index contributed by atoms with van der Waals surface area (Å²) in [5.74, 6) is 0.715. The number of benzene rings is 1. The molecule has 0 aliphatic rings. The number of alkyl carbamates (subject to hydrolysis) is 1. The maximum atomic E-state index is 11.5. The van der Waals surface area contributed by atoms with Crippen molar-refractivity contribution in [3.05, 3.63) is 24.3 Å². The summed E-state index contributed by atoms with van der Waals surface area (Å²) >= 11 is 0. The van der Waals surface area contributed by atoms with Gasteiger partial charge in [0.2, 0.25) is 0 Å². The average molecular weight is 266 g/mol. The summed E-state index contributed by atoms with van der Waals surface area (Å²) in [4.78, 5) is 11.5. The Kier molecular flexibility index (Phi) is 5.03. The van der Waals surface area contributed by atoms with Crippen LogP contribution in [0.5, 0.6) is 5.75 Å². The van der Waals surface area contributed by atoms with Crippen LogP contribution in [0.1, 0.15) is 27.7 Å². The molecule has 1 amide bonds. The van der Waals surface area contributed by atoms with Gasteiger partial charge in [-0.25, -0.2) is 4.79 Å². The molecule has 19 heavy (non-hydrogen) atoms. The van der Waals surface area contributed by atoms with Crippen molar-refractivity contribution in [1.82, 2.24) is 5.32 Å². The molecule has 1 rings (SSSR count). The molecule has 0 saturated carbocycles. The van der Waals surface area contributed by atoms with Crippen LogP contribution in [0.15, 0.2) is 24.3 Å². The van der Waals surface area contributed by atoms with E-state index < -0.39 is 11.7 Å². The van der Waals surface area contributed by atoms with E-state index in [2.05, 4.69) is 5.32 Å². The van der Waals surface area contributed by atoms with Crippen LogP contribution in [0.4, 0.5) is 10.5 Å². The number of carbonyl (C=O) groups excluding carboxylic acids is 1. The molecule has 0 fully saturated rings. The van der Waals surface area contributed by atoms with Gasteiger partial charge in [-0.05, 0) is 52.0 Å². The maximum Gasteiger partial charge on any atom is 0.407 e. The number of hydrogen-bond acceptors (Lipinski definition) is 4. The Morgan fingerprint density at radius 1 is 1.32 bits per heavy atom. The second kappa shape index (κ2) is 6.31. The number of anilines is 1. The highest BCUT2D eigenvalue weighted by Gasteiger charge is 2.17. The number of ether oxygens (including phenoxy) is 2. The number of rotatable bonds is 4. The summed E-state index contributed by atoms with van der Waals surface area (Å²) in [6.45, 7) is 7.68. The Morgan fingerprint density at radius 3 is 2.42 bits per heavy atom. The van der Waals surface area contributed by atoms with E-state index in [0.717, 1.165) is 0 Å². The third-order valence-electron chi connectivity index (χ3n) is 2.14. The molecule has 0 heterocycles. The molecule has 0 bridgehead atoms. The Balaban J connectivity index is 2.33. The van der Waals surface area contributed by atoms with Crippen LogP contribution in [-0.4, -0.2) is 24.3 Å². The molecule has 1 unspecified atom stereocenters. The monoisotopic (exact) mass is 266 g/mol. The summed E-state index contributed by atoms with van der Waals surface area (Å²) in [5, 5.41) is 2.71. The van der Waals surface area contributed by atoms with Gasteiger partial charge in [0.25, 0.3) is 0 Å². The molecule has 0 spiro atoms. The summed E-state index contributed by atoms with van der Waals surface area (Å²) in [6.07, 6.45) is -0.444. The third-order valence-corrected chi connectivity index (χ3v) is 2.14.